The third-order valence-electron chi connectivity index (χ3n) is 4.59. The molecule has 0 saturated carbocycles. The van der Waals surface area contributed by atoms with Gasteiger partial charge in [-0.2, -0.15) is 0 Å². The third-order valence-corrected chi connectivity index (χ3v) is 4.59. The van der Waals surface area contributed by atoms with E-state index in [1.54, 1.807) is 37.4 Å². The summed E-state index contributed by atoms with van der Waals surface area (Å²) < 4.78 is 10.8. The van der Waals surface area contributed by atoms with Gasteiger partial charge in [0.2, 0.25) is 5.91 Å². The third kappa shape index (κ3) is 7.14. The van der Waals surface area contributed by atoms with Gasteiger partial charge >= 0.3 is 0 Å². The van der Waals surface area contributed by atoms with Gasteiger partial charge in [0.1, 0.15) is 12.4 Å². The van der Waals surface area contributed by atoms with Crippen molar-refractivity contribution < 1.29 is 19.1 Å². The van der Waals surface area contributed by atoms with Crippen LogP contribution >= 0.6 is 0 Å². The van der Waals surface area contributed by atoms with E-state index in [1.807, 2.05) is 48.5 Å². The number of hydrogen-bond donors (Lipinski definition) is 3. The summed E-state index contributed by atoms with van der Waals surface area (Å²) in [4.78, 5) is 24.4. The van der Waals surface area contributed by atoms with E-state index in [0.717, 1.165) is 11.3 Å². The van der Waals surface area contributed by atoms with Crippen LogP contribution in [0.2, 0.25) is 0 Å². The van der Waals surface area contributed by atoms with Crippen molar-refractivity contribution >= 4 is 23.2 Å². The summed E-state index contributed by atoms with van der Waals surface area (Å²) in [5.41, 5.74) is 2.94. The molecule has 0 aliphatic rings. The minimum Gasteiger partial charge on any atom is -0.487 e. The van der Waals surface area contributed by atoms with Crippen LogP contribution in [-0.2, 0) is 16.1 Å². The van der Waals surface area contributed by atoms with Crippen LogP contribution in [0.4, 0.5) is 11.4 Å². The van der Waals surface area contributed by atoms with Gasteiger partial charge in [-0.05, 0) is 42.0 Å². The number of carbonyl (C=O) groups is 2. The molecule has 7 nitrogen and oxygen atoms in total. The van der Waals surface area contributed by atoms with E-state index in [1.165, 1.54) is 0 Å². The van der Waals surface area contributed by atoms with E-state index in [2.05, 4.69) is 16.0 Å². The summed E-state index contributed by atoms with van der Waals surface area (Å²) >= 11 is 0. The van der Waals surface area contributed by atoms with Gasteiger partial charge in [-0.15, -0.1) is 0 Å². The second-order valence-electron chi connectivity index (χ2n) is 7.00. The van der Waals surface area contributed by atoms with Crippen molar-refractivity contribution in [3.05, 3.63) is 90.0 Å². The Balaban J connectivity index is 1.49. The minimum absolute atomic E-state index is 0.0758. The zero-order chi connectivity index (χ0) is 22.6. The zero-order valence-corrected chi connectivity index (χ0v) is 18.0. The quantitative estimate of drug-likeness (QED) is 0.402. The van der Waals surface area contributed by atoms with E-state index < -0.39 is 0 Å². The molecule has 0 heterocycles. The number of rotatable bonds is 11. The van der Waals surface area contributed by atoms with Crippen molar-refractivity contribution in [1.29, 1.82) is 0 Å². The fourth-order valence-electron chi connectivity index (χ4n) is 2.92. The van der Waals surface area contributed by atoms with Crippen molar-refractivity contribution in [2.45, 2.75) is 6.61 Å². The maximum atomic E-state index is 12.4. The molecule has 32 heavy (non-hydrogen) atoms. The molecule has 3 aromatic rings. The Bertz CT molecular complexity index is 1010. The largest absolute Gasteiger partial charge is 0.487 e. The van der Waals surface area contributed by atoms with Crippen LogP contribution in [0.5, 0.6) is 5.75 Å². The molecule has 0 atom stereocenters. The SMILES string of the molecule is COCCNC(=O)c1ccc(NCC(=O)Nc2ccccc2OCc2ccccc2)cc1. The van der Waals surface area contributed by atoms with E-state index in [9.17, 15) is 9.59 Å². The predicted molar refractivity (Wildman–Crippen MR) is 125 cm³/mol. The molecule has 0 aromatic heterocycles. The highest BCUT2D eigenvalue weighted by molar-refractivity contribution is 5.96. The second-order valence-corrected chi connectivity index (χ2v) is 7.00. The fraction of sp³-hybridized carbons (Fsp3) is 0.200. The summed E-state index contributed by atoms with van der Waals surface area (Å²) in [5.74, 6) is 0.231. The molecule has 0 aliphatic carbocycles. The molecule has 0 bridgehead atoms. The van der Waals surface area contributed by atoms with Gasteiger partial charge in [-0.1, -0.05) is 42.5 Å². The molecule has 166 valence electrons. The lowest BCUT2D eigenvalue weighted by molar-refractivity contribution is -0.114. The molecule has 0 aliphatic heterocycles. The van der Waals surface area contributed by atoms with Crippen molar-refractivity contribution in [2.75, 3.05) is 37.4 Å². The topological polar surface area (TPSA) is 88.7 Å². The van der Waals surface area contributed by atoms with Gasteiger partial charge in [0.05, 0.1) is 18.8 Å². The molecule has 2 amide bonds. The number of hydrogen-bond acceptors (Lipinski definition) is 5. The average molecular weight is 434 g/mol. The summed E-state index contributed by atoms with van der Waals surface area (Å²) in [7, 11) is 1.58. The molecular weight excluding hydrogens is 406 g/mol. The number of methoxy groups -OCH3 is 1. The van der Waals surface area contributed by atoms with Gasteiger partial charge < -0.3 is 25.4 Å². The molecule has 3 N–H and O–H groups in total. The predicted octanol–water partition coefficient (Wildman–Crippen LogP) is 3.69. The lowest BCUT2D eigenvalue weighted by atomic mass is 10.2. The standard InChI is InChI=1S/C25H27N3O4/c1-31-16-15-26-25(30)20-11-13-21(14-12-20)27-17-24(29)28-22-9-5-6-10-23(22)32-18-19-7-3-2-4-8-19/h2-14,27H,15-18H2,1H3,(H,26,30)(H,28,29). The Morgan fingerprint density at radius 1 is 0.875 bits per heavy atom. The summed E-state index contributed by atoms with van der Waals surface area (Å²) in [6.45, 7) is 1.40. The summed E-state index contributed by atoms with van der Waals surface area (Å²) in [6.07, 6.45) is 0. The first-order chi connectivity index (χ1) is 15.7. The number of anilines is 2. The molecular formula is C25H27N3O4. The number of para-hydroxylation sites is 2. The Labute approximate surface area is 187 Å². The highest BCUT2D eigenvalue weighted by Gasteiger charge is 2.09. The van der Waals surface area contributed by atoms with E-state index in [-0.39, 0.29) is 18.4 Å². The molecule has 3 aromatic carbocycles. The van der Waals surface area contributed by atoms with Crippen LogP contribution in [0.25, 0.3) is 0 Å². The van der Waals surface area contributed by atoms with Gasteiger partial charge in [-0.25, -0.2) is 0 Å². The Morgan fingerprint density at radius 3 is 2.34 bits per heavy atom. The summed E-state index contributed by atoms with van der Waals surface area (Å²) in [6, 6.07) is 24.1. The van der Waals surface area contributed by atoms with Crippen molar-refractivity contribution in [3.8, 4) is 5.75 Å². The molecule has 0 fully saturated rings. The Morgan fingerprint density at radius 2 is 1.59 bits per heavy atom. The highest BCUT2D eigenvalue weighted by atomic mass is 16.5. The average Bonchev–Trinajstić information content (AvgIpc) is 2.83. The first kappa shape index (κ1) is 22.8. The molecule has 7 heteroatoms. The highest BCUT2D eigenvalue weighted by Crippen LogP contribution is 2.24. The van der Waals surface area contributed by atoms with Gasteiger partial charge in [0.15, 0.2) is 0 Å². The van der Waals surface area contributed by atoms with E-state index in [4.69, 9.17) is 9.47 Å². The van der Waals surface area contributed by atoms with Crippen LogP contribution in [-0.4, -0.2) is 38.6 Å². The second kappa shape index (κ2) is 12.1. The van der Waals surface area contributed by atoms with Crippen LogP contribution in [0.1, 0.15) is 15.9 Å². The number of ether oxygens (including phenoxy) is 2. The number of benzene rings is 3. The Hall–Kier alpha value is -3.84. The fourth-order valence-corrected chi connectivity index (χ4v) is 2.92. The van der Waals surface area contributed by atoms with Crippen LogP contribution < -0.4 is 20.7 Å². The van der Waals surface area contributed by atoms with Crippen molar-refractivity contribution in [1.82, 2.24) is 5.32 Å². The lowest BCUT2D eigenvalue weighted by Gasteiger charge is -2.13. The maximum absolute atomic E-state index is 12.4. The molecule has 0 saturated heterocycles. The first-order valence-electron chi connectivity index (χ1n) is 10.3. The van der Waals surface area contributed by atoms with Crippen LogP contribution in [0.3, 0.4) is 0 Å². The Kier molecular flexibility index (Phi) is 8.65. The number of carbonyl (C=O) groups excluding carboxylic acids is 2. The molecule has 3 rings (SSSR count). The van der Waals surface area contributed by atoms with Gasteiger partial charge in [0.25, 0.3) is 5.91 Å². The van der Waals surface area contributed by atoms with Gasteiger partial charge in [0, 0.05) is 24.9 Å². The zero-order valence-electron chi connectivity index (χ0n) is 18.0. The normalized spacial score (nSPS) is 10.3. The molecule has 0 radical (unpaired) electrons. The maximum Gasteiger partial charge on any atom is 0.251 e. The first-order valence-corrected chi connectivity index (χ1v) is 10.3. The van der Waals surface area contributed by atoms with E-state index in [0.29, 0.717) is 36.8 Å². The number of amides is 2. The van der Waals surface area contributed by atoms with Crippen molar-refractivity contribution in [3.63, 3.8) is 0 Å². The van der Waals surface area contributed by atoms with Crippen molar-refractivity contribution in [2.24, 2.45) is 0 Å². The van der Waals surface area contributed by atoms with Crippen LogP contribution in [0, 0.1) is 0 Å². The number of nitrogens with one attached hydrogen (secondary N) is 3. The lowest BCUT2D eigenvalue weighted by Crippen LogP contribution is -2.26. The summed E-state index contributed by atoms with van der Waals surface area (Å²) in [5, 5.41) is 8.69. The minimum atomic E-state index is -0.206. The smallest absolute Gasteiger partial charge is 0.251 e. The van der Waals surface area contributed by atoms with E-state index >= 15 is 0 Å². The van der Waals surface area contributed by atoms with Crippen LogP contribution in [0.15, 0.2) is 78.9 Å². The molecule has 0 unspecified atom stereocenters. The van der Waals surface area contributed by atoms with Gasteiger partial charge in [-0.3, -0.25) is 9.59 Å². The molecule has 0 spiro atoms. The monoisotopic (exact) mass is 433 g/mol.